The van der Waals surface area contributed by atoms with Crippen molar-refractivity contribution in [3.8, 4) is 0 Å². The number of nitrogens with two attached hydrogens (primary N) is 2. The van der Waals surface area contributed by atoms with Gasteiger partial charge in [0.2, 0.25) is 5.95 Å². The molecular weight excluding hydrogens is 648 g/mol. The van der Waals surface area contributed by atoms with Gasteiger partial charge in [-0.05, 0) is 6.07 Å². The maximum Gasteiger partial charge on any atom is 0.386 e. The van der Waals surface area contributed by atoms with Crippen molar-refractivity contribution in [2.75, 3.05) is 24.7 Å². The van der Waals surface area contributed by atoms with Crippen LogP contribution in [0.3, 0.4) is 0 Å². The van der Waals surface area contributed by atoms with E-state index in [0.717, 1.165) is 0 Å². The Morgan fingerprint density at radius 3 is 2.56 bits per heavy atom. The molecule has 3 saturated heterocycles. The molecule has 22 heteroatoms. The minimum Gasteiger partial charge on any atom is -0.396 e. The van der Waals surface area contributed by atoms with Crippen LogP contribution in [0.25, 0.3) is 16.8 Å². The highest BCUT2D eigenvalue weighted by Crippen LogP contribution is 2.60. The van der Waals surface area contributed by atoms with Crippen LogP contribution in [0.4, 0.5) is 11.6 Å². The van der Waals surface area contributed by atoms with Crippen LogP contribution >= 0.6 is 38.1 Å². The van der Waals surface area contributed by atoms with E-state index in [1.807, 2.05) is 0 Å². The first kappa shape index (κ1) is 29.2. The van der Waals surface area contributed by atoms with Crippen LogP contribution in [0, 0.1) is 0 Å². The molecule has 7 rings (SSSR count). The molecule has 8 atom stereocenters. The number of hydrogen-bond donors (Lipinski definition) is 5. The van der Waals surface area contributed by atoms with Crippen LogP contribution < -0.4 is 17.0 Å². The van der Waals surface area contributed by atoms with Crippen molar-refractivity contribution in [3.63, 3.8) is 0 Å². The van der Waals surface area contributed by atoms with E-state index in [1.165, 1.54) is 21.6 Å². The maximum atomic E-state index is 13.5. The lowest BCUT2D eigenvalue weighted by Gasteiger charge is -2.26. The third kappa shape index (κ3) is 5.61. The molecule has 4 aromatic rings. The largest absolute Gasteiger partial charge is 0.396 e. The van der Waals surface area contributed by atoms with Gasteiger partial charge in [0.15, 0.2) is 23.0 Å². The number of fused-ring (bicyclic) bond motifs is 5. The fraction of sp³-hybridized carbons (Fsp3) is 0.476. The first-order valence-electron chi connectivity index (χ1n) is 12.9. The van der Waals surface area contributed by atoms with Crippen molar-refractivity contribution in [3.05, 3.63) is 40.8 Å². The molecule has 0 spiro atoms. The summed E-state index contributed by atoms with van der Waals surface area (Å²) >= 11 is 8.37. The molecule has 3 aliphatic heterocycles. The summed E-state index contributed by atoms with van der Waals surface area (Å²) in [7, 11) is 0. The lowest BCUT2D eigenvalue weighted by Crippen LogP contribution is -2.28. The highest BCUT2D eigenvalue weighted by molar-refractivity contribution is 8.44. The average Bonchev–Trinajstić information content (AvgIpc) is 3.71. The Morgan fingerprint density at radius 1 is 0.977 bits per heavy atom. The zero-order valence-corrected chi connectivity index (χ0v) is 25.5. The predicted molar refractivity (Wildman–Crippen MR) is 156 cm³/mol. The Kier molecular flexibility index (Phi) is 7.36. The third-order valence-electron chi connectivity index (χ3n) is 7.22. The van der Waals surface area contributed by atoms with E-state index in [4.69, 9.17) is 39.0 Å². The van der Waals surface area contributed by atoms with Crippen LogP contribution in [0.15, 0.2) is 29.6 Å². The van der Waals surface area contributed by atoms with Gasteiger partial charge in [-0.2, -0.15) is 10.1 Å². The van der Waals surface area contributed by atoms with Crippen LogP contribution in [0.1, 0.15) is 30.9 Å². The molecule has 0 aromatic carbocycles. The van der Waals surface area contributed by atoms with Crippen LogP contribution in [-0.4, -0.2) is 71.7 Å². The topological polar surface area (TPSA) is 235 Å². The number of anilines is 2. The molecule has 43 heavy (non-hydrogen) atoms. The molecule has 18 nitrogen and oxygen atoms in total. The summed E-state index contributed by atoms with van der Waals surface area (Å²) in [5, 5.41) is 4.30. The van der Waals surface area contributed by atoms with Crippen LogP contribution in [0.5, 0.6) is 0 Å². The summed E-state index contributed by atoms with van der Waals surface area (Å²) in [6.07, 6.45) is -0.341. The summed E-state index contributed by atoms with van der Waals surface area (Å²) in [6, 6.07) is 1.62. The Bertz CT molecular complexity index is 1870. The van der Waals surface area contributed by atoms with E-state index in [2.05, 4.69) is 49.5 Å². The Labute approximate surface area is 252 Å². The van der Waals surface area contributed by atoms with Crippen molar-refractivity contribution in [1.82, 2.24) is 34.1 Å². The molecule has 7 heterocycles. The summed E-state index contributed by atoms with van der Waals surface area (Å²) in [6.45, 7) is -8.59. The Morgan fingerprint density at radius 2 is 1.74 bits per heavy atom. The highest BCUT2D eigenvalue weighted by atomic mass is 32.7. The van der Waals surface area contributed by atoms with Gasteiger partial charge < -0.3 is 20.9 Å². The summed E-state index contributed by atoms with van der Waals surface area (Å²) in [5.41, 5.74) is 12.7. The van der Waals surface area contributed by atoms with E-state index in [-0.39, 0.29) is 43.2 Å². The van der Waals surface area contributed by atoms with Gasteiger partial charge >= 0.3 is 13.6 Å². The van der Waals surface area contributed by atoms with E-state index in [0.29, 0.717) is 17.0 Å². The summed E-state index contributed by atoms with van der Waals surface area (Å²) < 4.78 is 65.0. The van der Waals surface area contributed by atoms with Crippen molar-refractivity contribution < 1.29 is 36.7 Å². The van der Waals surface area contributed by atoms with E-state index < -0.39 is 55.9 Å². The monoisotopic (exact) mass is 673 g/mol. The standard InChI is InChI=1S/C21H25N9O9P2S2/c22-10-1-2-26-30-11(5-24-17(10)30)12-4-13-15(37-12)7-35-41(33,43)39-14-3-9(6-34-40(32,42)38-13)36-20(14)29-8-25-16-18(29)27-21(23)28-19(16)31/h1-2,5,8-9,12-15,20H,3-4,6-7,22H2,(H,32,42)(H,33,43)(H3,23,27,28,31)/t9-,12+,13-,14+,15+,20+,40?,41+/m0/s1. The average molecular weight is 674 g/mol. The van der Waals surface area contributed by atoms with Crippen LogP contribution in [0.2, 0.25) is 0 Å². The fourth-order valence-electron chi connectivity index (χ4n) is 5.36. The molecule has 2 bridgehead atoms. The summed E-state index contributed by atoms with van der Waals surface area (Å²) in [5.74, 6) is -0.138. The van der Waals surface area contributed by atoms with Gasteiger partial charge in [-0.15, -0.1) is 0 Å². The quantitative estimate of drug-likeness (QED) is 0.151. The first-order valence-corrected chi connectivity index (χ1v) is 18.3. The molecule has 0 amide bonds. The second-order valence-electron chi connectivity index (χ2n) is 10.1. The molecule has 3 aliphatic rings. The maximum absolute atomic E-state index is 13.5. The number of thiol groups is 2. The molecule has 0 saturated carbocycles. The molecule has 3 fully saturated rings. The number of aromatic nitrogens is 7. The van der Waals surface area contributed by atoms with Gasteiger partial charge in [-0.3, -0.25) is 32.4 Å². The smallest absolute Gasteiger partial charge is 0.386 e. The second-order valence-corrected chi connectivity index (χ2v) is 15.8. The van der Waals surface area contributed by atoms with Crippen molar-refractivity contribution in [2.24, 2.45) is 0 Å². The van der Waals surface area contributed by atoms with E-state index in [9.17, 15) is 13.9 Å². The van der Waals surface area contributed by atoms with Gasteiger partial charge in [-0.25, -0.2) is 23.6 Å². The van der Waals surface area contributed by atoms with Gasteiger partial charge in [0, 0.05) is 12.8 Å². The van der Waals surface area contributed by atoms with Gasteiger partial charge in [-0.1, -0.05) is 24.5 Å². The number of nitrogens with zero attached hydrogens (tertiary/aromatic N) is 6. The number of nitrogens with one attached hydrogen (secondary N) is 1. The van der Waals surface area contributed by atoms with Crippen molar-refractivity contribution >= 4 is 66.5 Å². The normalized spacial score (nSPS) is 35.4. The molecule has 0 radical (unpaired) electrons. The van der Waals surface area contributed by atoms with E-state index in [1.54, 1.807) is 12.3 Å². The molecule has 0 aliphatic carbocycles. The SMILES string of the molecule is Nc1nc2c(ncn2[C@@H]2O[C@@H]3COP(=O)(S)O[C@H]4C[C@H](c5cnc6c(N)ccnn56)O[C@@H]4CO[P@@](=O)(S)O[C@@H]2C3)c(=O)[nH]1. The minimum absolute atomic E-state index is 0.00653. The molecular formula is C21H25N9O9P2S2. The van der Waals surface area contributed by atoms with Crippen molar-refractivity contribution in [1.29, 1.82) is 0 Å². The zero-order chi connectivity index (χ0) is 30.1. The third-order valence-corrected chi connectivity index (χ3v) is 10.5. The number of aromatic amines is 1. The number of nitrogen functional groups attached to an aromatic ring is 2. The molecule has 4 aromatic heterocycles. The van der Waals surface area contributed by atoms with Gasteiger partial charge in [0.1, 0.15) is 18.3 Å². The number of imidazole rings is 2. The lowest BCUT2D eigenvalue weighted by atomic mass is 10.1. The Balaban J connectivity index is 1.17. The predicted octanol–water partition coefficient (Wildman–Crippen LogP) is 2.04. The first-order chi connectivity index (χ1) is 20.5. The number of hydrogen-bond acceptors (Lipinski definition) is 15. The Hall–Kier alpha value is -2.51. The van der Waals surface area contributed by atoms with E-state index >= 15 is 0 Å². The second kappa shape index (κ2) is 10.8. The molecule has 5 N–H and O–H groups in total. The zero-order valence-electron chi connectivity index (χ0n) is 21.9. The van der Waals surface area contributed by atoms with Crippen LogP contribution in [-0.2, 0) is 36.7 Å². The van der Waals surface area contributed by atoms with Gasteiger partial charge in [0.05, 0.1) is 55.5 Å². The summed E-state index contributed by atoms with van der Waals surface area (Å²) in [4.78, 5) is 27.2. The lowest BCUT2D eigenvalue weighted by molar-refractivity contribution is -0.0513. The number of ether oxygens (including phenoxy) is 2. The van der Waals surface area contributed by atoms with Crippen molar-refractivity contribution in [2.45, 2.75) is 49.6 Å². The minimum atomic E-state index is -4.07. The number of H-pyrrole nitrogens is 1. The fourth-order valence-corrected chi connectivity index (χ4v) is 8.39. The number of rotatable bonds is 2. The molecule has 1 unspecified atom stereocenters. The molecule has 230 valence electrons. The van der Waals surface area contributed by atoms with Gasteiger partial charge in [0.25, 0.3) is 5.56 Å². The highest BCUT2D eigenvalue weighted by Gasteiger charge is 2.47.